The van der Waals surface area contributed by atoms with Crippen molar-refractivity contribution in [2.75, 3.05) is 0 Å². The van der Waals surface area contributed by atoms with E-state index in [0.717, 1.165) is 0 Å². The van der Waals surface area contributed by atoms with Crippen molar-refractivity contribution in [1.29, 1.82) is 0 Å². The van der Waals surface area contributed by atoms with E-state index in [-0.39, 0.29) is 22.3 Å². The fraction of sp³-hybridized carbons (Fsp3) is 0.0714. The van der Waals surface area contributed by atoms with Crippen molar-refractivity contribution < 1.29 is 29.0 Å². The Balaban J connectivity index is 2.11. The van der Waals surface area contributed by atoms with Gasteiger partial charge in [0.15, 0.2) is 0 Å². The quantitative estimate of drug-likeness (QED) is 0.573. The fourth-order valence-corrected chi connectivity index (χ4v) is 2.58. The largest absolute Gasteiger partial charge is 0.428 e. The van der Waals surface area contributed by atoms with Gasteiger partial charge < -0.3 is 14.6 Å². The number of ether oxygens (including phenoxy) is 2. The summed E-state index contributed by atoms with van der Waals surface area (Å²) in [6.45, 7) is 0. The van der Waals surface area contributed by atoms with E-state index in [4.69, 9.17) is 4.74 Å². The Morgan fingerprint density at radius 1 is 0.950 bits per heavy atom. The lowest BCUT2D eigenvalue weighted by molar-refractivity contribution is -0.0547. The second-order valence-corrected chi connectivity index (χ2v) is 4.58. The van der Waals surface area contributed by atoms with Gasteiger partial charge in [0, 0.05) is 5.56 Å². The lowest BCUT2D eigenvalue weighted by Crippen LogP contribution is -1.98. The molecule has 1 unspecified atom stereocenters. The molecule has 2 heterocycles. The van der Waals surface area contributed by atoms with Crippen molar-refractivity contribution in [3.8, 4) is 0 Å². The van der Waals surface area contributed by atoms with Gasteiger partial charge in [-0.25, -0.2) is 14.4 Å². The van der Waals surface area contributed by atoms with Crippen LogP contribution in [0.4, 0.5) is 0 Å². The third-order valence-electron chi connectivity index (χ3n) is 3.50. The van der Waals surface area contributed by atoms with E-state index < -0.39 is 24.2 Å². The molecule has 6 nitrogen and oxygen atoms in total. The third kappa shape index (κ3) is 1.23. The van der Waals surface area contributed by atoms with Gasteiger partial charge in [-0.15, -0.1) is 0 Å². The van der Waals surface area contributed by atoms with E-state index in [1.54, 1.807) is 6.07 Å². The Hall–Kier alpha value is -2.73. The maximum absolute atomic E-state index is 11.7. The summed E-state index contributed by atoms with van der Waals surface area (Å²) in [6, 6.07) is 6.11. The topological polar surface area (TPSA) is 89.9 Å². The molecule has 0 amide bonds. The summed E-state index contributed by atoms with van der Waals surface area (Å²) in [7, 11) is 0. The number of aliphatic hydroxyl groups is 1. The minimum atomic E-state index is -1.36. The molecule has 6 heteroatoms. The van der Waals surface area contributed by atoms with Crippen LogP contribution in [0.1, 0.15) is 42.9 Å². The SMILES string of the molecule is O=C1OC(O)c2cc3c4c(ccc3cc21)C(=O)OC4=O. The summed E-state index contributed by atoms with van der Waals surface area (Å²) >= 11 is 0. The van der Waals surface area contributed by atoms with Crippen LogP contribution in [0.3, 0.4) is 0 Å². The van der Waals surface area contributed by atoms with E-state index in [2.05, 4.69) is 4.74 Å². The number of hydrogen-bond acceptors (Lipinski definition) is 6. The summed E-state index contributed by atoms with van der Waals surface area (Å²) in [6.07, 6.45) is -1.36. The number of carbonyl (C=O) groups excluding carboxylic acids is 3. The fourth-order valence-electron chi connectivity index (χ4n) is 2.58. The lowest BCUT2D eigenvalue weighted by Gasteiger charge is -2.05. The van der Waals surface area contributed by atoms with E-state index in [9.17, 15) is 19.5 Å². The highest BCUT2D eigenvalue weighted by atomic mass is 16.6. The molecule has 2 aliphatic rings. The van der Waals surface area contributed by atoms with Gasteiger partial charge in [-0.1, -0.05) is 6.07 Å². The molecule has 0 spiro atoms. The van der Waals surface area contributed by atoms with Crippen molar-refractivity contribution in [3.63, 3.8) is 0 Å². The van der Waals surface area contributed by atoms with Crippen LogP contribution in [-0.4, -0.2) is 23.0 Å². The molecule has 0 saturated carbocycles. The average Bonchev–Trinajstić information content (AvgIpc) is 2.86. The molecule has 0 bridgehead atoms. The van der Waals surface area contributed by atoms with Gasteiger partial charge in [-0.05, 0) is 29.0 Å². The maximum Gasteiger partial charge on any atom is 0.347 e. The molecule has 0 aliphatic carbocycles. The number of cyclic esters (lactones) is 3. The van der Waals surface area contributed by atoms with Gasteiger partial charge >= 0.3 is 17.9 Å². The zero-order chi connectivity index (χ0) is 14.0. The molecule has 2 aromatic carbocycles. The predicted octanol–water partition coefficient (Wildman–Crippen LogP) is 1.31. The van der Waals surface area contributed by atoms with Gasteiger partial charge in [0.2, 0.25) is 6.29 Å². The molecule has 0 aromatic heterocycles. The molecule has 4 rings (SSSR count). The smallest absolute Gasteiger partial charge is 0.347 e. The number of carbonyl (C=O) groups is 3. The van der Waals surface area contributed by atoms with Crippen molar-refractivity contribution >= 4 is 28.7 Å². The minimum Gasteiger partial charge on any atom is -0.428 e. The second-order valence-electron chi connectivity index (χ2n) is 4.58. The van der Waals surface area contributed by atoms with Crippen molar-refractivity contribution in [3.05, 3.63) is 46.5 Å². The number of fused-ring (bicyclic) bond motifs is 4. The summed E-state index contributed by atoms with van der Waals surface area (Å²) in [5.41, 5.74) is 0.870. The highest BCUT2D eigenvalue weighted by Gasteiger charge is 2.34. The predicted molar refractivity (Wildman–Crippen MR) is 64.1 cm³/mol. The highest BCUT2D eigenvalue weighted by Crippen LogP contribution is 2.36. The van der Waals surface area contributed by atoms with Crippen LogP contribution < -0.4 is 0 Å². The molecule has 2 aliphatic heterocycles. The first-order valence-electron chi connectivity index (χ1n) is 5.82. The molecular weight excluding hydrogens is 264 g/mol. The van der Waals surface area contributed by atoms with Crippen molar-refractivity contribution in [2.45, 2.75) is 6.29 Å². The average molecular weight is 270 g/mol. The van der Waals surface area contributed by atoms with Crippen LogP contribution in [0.5, 0.6) is 0 Å². The number of benzene rings is 2. The van der Waals surface area contributed by atoms with Gasteiger partial charge in [-0.3, -0.25) is 0 Å². The van der Waals surface area contributed by atoms with Gasteiger partial charge in [-0.2, -0.15) is 0 Å². The van der Waals surface area contributed by atoms with Crippen LogP contribution >= 0.6 is 0 Å². The molecule has 1 N–H and O–H groups in total. The second kappa shape index (κ2) is 3.43. The molecule has 0 saturated heterocycles. The first-order chi connectivity index (χ1) is 9.56. The Morgan fingerprint density at radius 2 is 1.75 bits per heavy atom. The Labute approximate surface area is 111 Å². The molecule has 1 atom stereocenters. The van der Waals surface area contributed by atoms with Crippen LogP contribution in [0.2, 0.25) is 0 Å². The third-order valence-corrected chi connectivity index (χ3v) is 3.50. The molecule has 20 heavy (non-hydrogen) atoms. The van der Waals surface area contributed by atoms with Crippen LogP contribution in [0.15, 0.2) is 24.3 Å². The number of esters is 3. The maximum atomic E-state index is 11.7. The summed E-state index contributed by atoms with van der Waals surface area (Å²) in [5.74, 6) is -2.04. The van der Waals surface area contributed by atoms with Crippen LogP contribution in [0.25, 0.3) is 10.8 Å². The normalized spacial score (nSPS) is 19.9. The zero-order valence-corrected chi connectivity index (χ0v) is 9.88. The Morgan fingerprint density at radius 3 is 2.55 bits per heavy atom. The first kappa shape index (κ1) is 11.1. The minimum absolute atomic E-state index is 0.154. The van der Waals surface area contributed by atoms with E-state index in [0.29, 0.717) is 10.8 Å². The number of hydrogen-bond donors (Lipinski definition) is 1. The van der Waals surface area contributed by atoms with E-state index >= 15 is 0 Å². The van der Waals surface area contributed by atoms with Gasteiger partial charge in [0.05, 0.1) is 16.7 Å². The lowest BCUT2D eigenvalue weighted by atomic mass is 9.96. The zero-order valence-electron chi connectivity index (χ0n) is 9.88. The molecular formula is C14H6O6. The number of rotatable bonds is 0. The first-order valence-corrected chi connectivity index (χ1v) is 5.82. The van der Waals surface area contributed by atoms with Crippen LogP contribution in [-0.2, 0) is 9.47 Å². The van der Waals surface area contributed by atoms with E-state index in [1.165, 1.54) is 18.2 Å². The van der Waals surface area contributed by atoms with Crippen molar-refractivity contribution in [1.82, 2.24) is 0 Å². The number of aliphatic hydroxyl groups excluding tert-OH is 1. The Bertz CT molecular complexity index is 835. The Kier molecular flexibility index (Phi) is 1.91. The molecule has 0 fully saturated rings. The molecule has 98 valence electrons. The highest BCUT2D eigenvalue weighted by molar-refractivity contribution is 6.21. The molecule has 2 aromatic rings. The monoisotopic (exact) mass is 270 g/mol. The van der Waals surface area contributed by atoms with E-state index in [1.807, 2.05) is 0 Å². The molecule has 0 radical (unpaired) electrons. The summed E-state index contributed by atoms with van der Waals surface area (Å²) < 4.78 is 9.27. The van der Waals surface area contributed by atoms with Crippen LogP contribution in [0, 0.1) is 0 Å². The van der Waals surface area contributed by atoms with Crippen molar-refractivity contribution in [2.24, 2.45) is 0 Å². The van der Waals surface area contributed by atoms with Gasteiger partial charge in [0.1, 0.15) is 0 Å². The summed E-state index contributed by atoms with van der Waals surface area (Å²) in [5, 5.41) is 10.7. The van der Waals surface area contributed by atoms with Gasteiger partial charge in [0.25, 0.3) is 0 Å². The standard InChI is InChI=1S/C14H6O6/c15-11-6-2-1-5-3-8-9(13(17)19-12(8)16)4-7(5)10(6)14(18)20-11/h1-4,13,17H. The summed E-state index contributed by atoms with van der Waals surface area (Å²) in [4.78, 5) is 34.8.